The summed E-state index contributed by atoms with van der Waals surface area (Å²) in [5, 5.41) is 3.40. The van der Waals surface area contributed by atoms with Gasteiger partial charge in [0.05, 0.1) is 16.9 Å². The Labute approximate surface area is 216 Å². The van der Waals surface area contributed by atoms with Gasteiger partial charge in [0.15, 0.2) is 5.13 Å². The van der Waals surface area contributed by atoms with E-state index in [2.05, 4.69) is 10.3 Å². The van der Waals surface area contributed by atoms with Gasteiger partial charge in [0, 0.05) is 17.0 Å². The van der Waals surface area contributed by atoms with E-state index in [0.717, 1.165) is 32.7 Å². The molecule has 1 saturated heterocycles. The molecule has 2 heterocycles. The van der Waals surface area contributed by atoms with E-state index in [1.54, 1.807) is 0 Å². The Kier molecular flexibility index (Phi) is 7.54. The molecule has 1 aromatic heterocycles. The Morgan fingerprint density at radius 1 is 1.08 bits per heavy atom. The fourth-order valence-electron chi connectivity index (χ4n) is 3.78. The number of anilines is 1. The predicted octanol–water partition coefficient (Wildman–Crippen LogP) is 5.64. The highest BCUT2D eigenvalue weighted by Crippen LogP contribution is 2.39. The van der Waals surface area contributed by atoms with E-state index in [9.17, 15) is 4.79 Å². The molecule has 0 atom stereocenters. The second-order valence-corrected chi connectivity index (χ2v) is 11.0. The third-order valence-electron chi connectivity index (χ3n) is 6.55. The largest absolute Gasteiger partial charge is 0.492 e. The summed E-state index contributed by atoms with van der Waals surface area (Å²) in [6.45, 7) is 10.4. The molecule has 7 nitrogen and oxygen atoms in total. The second kappa shape index (κ2) is 10.5. The van der Waals surface area contributed by atoms with Crippen LogP contribution in [0.25, 0.3) is 17.3 Å². The highest BCUT2D eigenvalue weighted by atomic mass is 32.1. The number of carbonyl (C=O) groups is 1. The van der Waals surface area contributed by atoms with Gasteiger partial charge in [-0.25, -0.2) is 9.78 Å². The van der Waals surface area contributed by atoms with Crippen molar-refractivity contribution in [3.8, 4) is 11.3 Å². The molecule has 0 radical (unpaired) electrons. The summed E-state index contributed by atoms with van der Waals surface area (Å²) in [4.78, 5) is 17.9. The minimum absolute atomic E-state index is 0.199. The maximum Gasteiger partial charge on any atom is 0.492 e. The normalized spacial score (nSPS) is 16.7. The molecular weight excluding hydrogens is 473 g/mol. The number of rotatable bonds is 7. The van der Waals surface area contributed by atoms with E-state index in [0.29, 0.717) is 5.13 Å². The first-order chi connectivity index (χ1) is 17.0. The maximum atomic E-state index is 12.4. The SMILES string of the molecule is Cc1sc(N)nc1-c1ccc(C=C(CNC(=O)OCc2ccccc2)B2OC(C)(C)C(C)(C)O2)cc1. The van der Waals surface area contributed by atoms with Crippen LogP contribution in [0.5, 0.6) is 0 Å². The Balaban J connectivity index is 1.51. The van der Waals surface area contributed by atoms with Gasteiger partial charge in [0.1, 0.15) is 6.61 Å². The number of thiazole rings is 1. The van der Waals surface area contributed by atoms with Crippen molar-refractivity contribution in [3.63, 3.8) is 0 Å². The van der Waals surface area contributed by atoms with Gasteiger partial charge in [-0.05, 0) is 51.2 Å². The van der Waals surface area contributed by atoms with E-state index >= 15 is 0 Å². The van der Waals surface area contributed by atoms with Gasteiger partial charge in [0.2, 0.25) is 0 Å². The first-order valence-electron chi connectivity index (χ1n) is 11.9. The molecule has 0 bridgehead atoms. The van der Waals surface area contributed by atoms with Crippen LogP contribution in [0.4, 0.5) is 9.93 Å². The zero-order valence-electron chi connectivity index (χ0n) is 21.3. The molecule has 3 aromatic rings. The third kappa shape index (κ3) is 5.98. The lowest BCUT2D eigenvalue weighted by atomic mass is 9.77. The zero-order chi connectivity index (χ0) is 25.9. The van der Waals surface area contributed by atoms with Crippen molar-refractivity contribution in [2.24, 2.45) is 0 Å². The molecule has 0 spiro atoms. The van der Waals surface area contributed by atoms with Gasteiger partial charge in [-0.15, -0.1) is 11.3 Å². The van der Waals surface area contributed by atoms with Crippen LogP contribution in [0.3, 0.4) is 0 Å². The minimum atomic E-state index is -0.607. The van der Waals surface area contributed by atoms with Crippen LogP contribution in [0, 0.1) is 6.92 Å². The van der Waals surface area contributed by atoms with E-state index in [1.807, 2.05) is 95.3 Å². The minimum Gasteiger partial charge on any atom is -0.445 e. The van der Waals surface area contributed by atoms with Crippen LogP contribution in [-0.4, -0.2) is 35.9 Å². The molecule has 1 amide bonds. The number of nitrogens with two attached hydrogens (primary N) is 1. The van der Waals surface area contributed by atoms with E-state index in [-0.39, 0.29) is 13.2 Å². The van der Waals surface area contributed by atoms with Crippen molar-refractivity contribution in [2.75, 3.05) is 12.3 Å². The average molecular weight is 505 g/mol. The summed E-state index contributed by atoms with van der Waals surface area (Å²) in [6, 6.07) is 17.6. The van der Waals surface area contributed by atoms with Gasteiger partial charge in [-0.1, -0.05) is 60.7 Å². The van der Waals surface area contributed by atoms with Crippen molar-refractivity contribution < 1.29 is 18.8 Å². The number of hydrogen-bond acceptors (Lipinski definition) is 7. The molecule has 0 saturated carbocycles. The monoisotopic (exact) mass is 505 g/mol. The van der Waals surface area contributed by atoms with Gasteiger partial charge < -0.3 is 25.1 Å². The Morgan fingerprint density at radius 3 is 2.31 bits per heavy atom. The van der Waals surface area contributed by atoms with Crippen molar-refractivity contribution in [2.45, 2.75) is 52.4 Å². The first-order valence-corrected chi connectivity index (χ1v) is 12.7. The molecule has 3 N–H and O–H groups in total. The molecule has 9 heteroatoms. The molecule has 0 unspecified atom stereocenters. The van der Waals surface area contributed by atoms with E-state index in [4.69, 9.17) is 19.8 Å². The lowest BCUT2D eigenvalue weighted by Crippen LogP contribution is -2.41. The number of amides is 1. The number of hydrogen-bond donors (Lipinski definition) is 2. The van der Waals surface area contributed by atoms with Gasteiger partial charge >= 0.3 is 13.2 Å². The van der Waals surface area contributed by atoms with E-state index in [1.165, 1.54) is 11.3 Å². The number of aromatic nitrogens is 1. The lowest BCUT2D eigenvalue weighted by molar-refractivity contribution is 0.00578. The van der Waals surface area contributed by atoms with Crippen LogP contribution in [-0.2, 0) is 20.7 Å². The quantitative estimate of drug-likeness (QED) is 0.404. The van der Waals surface area contributed by atoms with Crippen LogP contribution in [0.1, 0.15) is 43.7 Å². The molecule has 2 aromatic carbocycles. The third-order valence-corrected chi connectivity index (χ3v) is 7.35. The van der Waals surface area contributed by atoms with Crippen molar-refractivity contribution in [3.05, 3.63) is 76.1 Å². The Morgan fingerprint density at radius 2 is 1.72 bits per heavy atom. The molecule has 1 fully saturated rings. The standard InChI is InChI=1S/C27H32BN3O4S/c1-18-23(31-24(29)36-18)21-13-11-19(12-14-21)15-22(28-34-26(2,3)27(4,5)35-28)16-30-25(32)33-17-20-9-7-6-8-10-20/h6-15H,16-17H2,1-5H3,(H2,29,31)(H,30,32). The van der Waals surface area contributed by atoms with Crippen molar-refractivity contribution in [1.82, 2.24) is 10.3 Å². The fraction of sp³-hybridized carbons (Fsp3) is 0.333. The number of nitrogens with one attached hydrogen (secondary N) is 1. The maximum absolute atomic E-state index is 12.4. The second-order valence-electron chi connectivity index (χ2n) is 9.80. The molecule has 0 aliphatic carbocycles. The summed E-state index contributed by atoms with van der Waals surface area (Å²) in [6.07, 6.45) is 1.47. The van der Waals surface area contributed by atoms with Crippen LogP contribution >= 0.6 is 11.3 Å². The summed E-state index contributed by atoms with van der Waals surface area (Å²) >= 11 is 1.48. The molecule has 1 aliphatic rings. The molecule has 36 heavy (non-hydrogen) atoms. The molecule has 4 rings (SSSR count). The number of ether oxygens (including phenoxy) is 1. The summed E-state index contributed by atoms with van der Waals surface area (Å²) < 4.78 is 17.9. The van der Waals surface area contributed by atoms with Gasteiger partial charge in [-0.2, -0.15) is 0 Å². The van der Waals surface area contributed by atoms with E-state index < -0.39 is 24.4 Å². The average Bonchev–Trinajstić information content (AvgIpc) is 3.29. The van der Waals surface area contributed by atoms with Crippen molar-refractivity contribution >= 4 is 35.8 Å². The zero-order valence-corrected chi connectivity index (χ0v) is 22.1. The number of nitrogens with zero attached hydrogens (tertiary/aromatic N) is 1. The summed E-state index contributed by atoms with van der Waals surface area (Å²) in [5.41, 5.74) is 9.40. The number of aryl methyl sites for hydroxylation is 1. The molecule has 188 valence electrons. The van der Waals surface area contributed by atoms with Gasteiger partial charge in [-0.3, -0.25) is 0 Å². The van der Waals surface area contributed by atoms with Crippen molar-refractivity contribution in [1.29, 1.82) is 0 Å². The summed E-state index contributed by atoms with van der Waals surface area (Å²) in [7, 11) is -0.607. The Hall–Kier alpha value is -3.14. The van der Waals surface area contributed by atoms with Crippen LogP contribution in [0.15, 0.2) is 60.1 Å². The topological polar surface area (TPSA) is 95.7 Å². The number of carbonyl (C=O) groups excluding carboxylic acids is 1. The highest BCUT2D eigenvalue weighted by Gasteiger charge is 2.52. The smallest absolute Gasteiger partial charge is 0.445 e. The summed E-state index contributed by atoms with van der Waals surface area (Å²) in [5.74, 6) is 0. The predicted molar refractivity (Wildman–Crippen MR) is 145 cm³/mol. The highest BCUT2D eigenvalue weighted by molar-refractivity contribution is 7.15. The fourth-order valence-corrected chi connectivity index (χ4v) is 4.49. The van der Waals surface area contributed by atoms with Crippen LogP contribution in [0.2, 0.25) is 0 Å². The Bertz CT molecular complexity index is 1220. The molecule has 1 aliphatic heterocycles. The first kappa shape index (κ1) is 25.9. The van der Waals surface area contributed by atoms with Crippen LogP contribution < -0.4 is 11.1 Å². The lowest BCUT2D eigenvalue weighted by Gasteiger charge is -2.32. The molecular formula is C27H32BN3O4S. The van der Waals surface area contributed by atoms with Gasteiger partial charge in [0.25, 0.3) is 0 Å². The number of nitrogen functional groups attached to an aromatic ring is 1. The number of benzene rings is 2. The number of alkyl carbamates (subject to hydrolysis) is 1.